The lowest BCUT2D eigenvalue weighted by Gasteiger charge is -2.16. The Labute approximate surface area is 157 Å². The first kappa shape index (κ1) is 19.7. The van der Waals surface area contributed by atoms with Gasteiger partial charge in [-0.15, -0.1) is 16.8 Å². The monoisotopic (exact) mass is 373 g/mol. The minimum absolute atomic E-state index is 0.0743. The van der Waals surface area contributed by atoms with E-state index in [1.54, 1.807) is 6.08 Å². The molecule has 0 aliphatic carbocycles. The number of imide groups is 1. The van der Waals surface area contributed by atoms with Crippen molar-refractivity contribution in [3.63, 3.8) is 0 Å². The lowest BCUT2D eigenvalue weighted by atomic mass is 10.2. The van der Waals surface area contributed by atoms with Crippen molar-refractivity contribution in [2.75, 3.05) is 12.3 Å². The molecule has 0 aliphatic heterocycles. The molecule has 2 aromatic rings. The van der Waals surface area contributed by atoms with Gasteiger partial charge in [0.25, 0.3) is 0 Å². The third-order valence-electron chi connectivity index (χ3n) is 3.72. The zero-order valence-electron chi connectivity index (χ0n) is 14.9. The Kier molecular flexibility index (Phi) is 7.40. The summed E-state index contributed by atoms with van der Waals surface area (Å²) >= 11 is 1.26. The van der Waals surface area contributed by atoms with Crippen LogP contribution in [0, 0.1) is 0 Å². The summed E-state index contributed by atoms with van der Waals surface area (Å²) in [4.78, 5) is 23.4. The molecule has 0 spiro atoms. The smallest absolute Gasteiger partial charge is 0.321 e. The number of thioether (sulfide) groups is 1. The summed E-state index contributed by atoms with van der Waals surface area (Å²) in [6, 6.07) is 9.46. The lowest BCUT2D eigenvalue weighted by Crippen LogP contribution is -2.40. The number of nitrogens with zero attached hydrogens (tertiary/aromatic N) is 3. The second kappa shape index (κ2) is 9.76. The van der Waals surface area contributed by atoms with E-state index < -0.39 is 11.9 Å². The van der Waals surface area contributed by atoms with E-state index in [1.807, 2.05) is 34.9 Å². The van der Waals surface area contributed by atoms with Crippen LogP contribution in [-0.4, -0.2) is 39.0 Å². The fraction of sp³-hybridized carbons (Fsp3) is 0.333. The van der Waals surface area contributed by atoms with Crippen LogP contribution >= 0.6 is 11.8 Å². The van der Waals surface area contributed by atoms with Gasteiger partial charge in [-0.2, -0.15) is 0 Å². The van der Waals surface area contributed by atoms with Crippen LogP contribution in [0.5, 0.6) is 0 Å². The number of aromatic nitrogens is 3. The molecule has 0 saturated heterocycles. The summed E-state index contributed by atoms with van der Waals surface area (Å²) in [7, 11) is 0. The Morgan fingerprint density at radius 1 is 1.31 bits per heavy atom. The molecule has 0 fully saturated rings. The highest BCUT2D eigenvalue weighted by Gasteiger charge is 2.19. The summed E-state index contributed by atoms with van der Waals surface area (Å²) in [6.45, 7) is 7.97. The summed E-state index contributed by atoms with van der Waals surface area (Å²) < 4.78 is 2.03. The van der Waals surface area contributed by atoms with E-state index >= 15 is 0 Å². The minimum atomic E-state index is -0.538. The van der Waals surface area contributed by atoms with Gasteiger partial charge in [0.1, 0.15) is 0 Å². The van der Waals surface area contributed by atoms with Gasteiger partial charge in [-0.1, -0.05) is 55.1 Å². The number of nitrogens with one attached hydrogen (secondary N) is 2. The van der Waals surface area contributed by atoms with E-state index in [0.717, 1.165) is 17.8 Å². The SMILES string of the molecule is C=CCNC(=O)NC(=O)CSc1nnc(-c2ccccc2)n1C(C)CC. The fourth-order valence-electron chi connectivity index (χ4n) is 2.24. The van der Waals surface area contributed by atoms with E-state index in [4.69, 9.17) is 0 Å². The van der Waals surface area contributed by atoms with Crippen molar-refractivity contribution in [3.8, 4) is 11.4 Å². The number of carbonyl (C=O) groups is 2. The summed E-state index contributed by atoms with van der Waals surface area (Å²) in [5.74, 6) is 0.452. The molecule has 0 saturated carbocycles. The first-order chi connectivity index (χ1) is 12.6. The molecule has 1 unspecified atom stereocenters. The van der Waals surface area contributed by atoms with Crippen LogP contribution in [0.1, 0.15) is 26.3 Å². The zero-order chi connectivity index (χ0) is 18.9. The van der Waals surface area contributed by atoms with Crippen LogP contribution in [0.2, 0.25) is 0 Å². The molecule has 138 valence electrons. The third-order valence-corrected chi connectivity index (χ3v) is 4.66. The largest absolute Gasteiger partial charge is 0.334 e. The molecule has 0 bridgehead atoms. The summed E-state index contributed by atoms with van der Waals surface area (Å²) in [5.41, 5.74) is 0.973. The van der Waals surface area contributed by atoms with E-state index in [-0.39, 0.29) is 11.8 Å². The normalized spacial score (nSPS) is 11.6. The van der Waals surface area contributed by atoms with Gasteiger partial charge < -0.3 is 5.32 Å². The van der Waals surface area contributed by atoms with E-state index in [0.29, 0.717) is 11.7 Å². The quantitative estimate of drug-likeness (QED) is 0.548. The second-order valence-corrected chi connectivity index (χ2v) is 6.58. The highest BCUT2D eigenvalue weighted by Crippen LogP contribution is 2.28. The predicted octanol–water partition coefficient (Wildman–Crippen LogP) is 3.02. The van der Waals surface area contributed by atoms with Crippen molar-refractivity contribution in [1.29, 1.82) is 0 Å². The van der Waals surface area contributed by atoms with Crippen molar-refractivity contribution >= 4 is 23.7 Å². The number of carbonyl (C=O) groups excluding carboxylic acids is 2. The average molecular weight is 373 g/mol. The Balaban J connectivity index is 2.10. The van der Waals surface area contributed by atoms with E-state index in [1.165, 1.54) is 11.8 Å². The number of rotatable bonds is 8. The molecule has 0 radical (unpaired) electrons. The molecule has 3 amide bonds. The van der Waals surface area contributed by atoms with Crippen LogP contribution in [-0.2, 0) is 4.79 Å². The highest BCUT2D eigenvalue weighted by molar-refractivity contribution is 7.99. The lowest BCUT2D eigenvalue weighted by molar-refractivity contribution is -0.117. The molecule has 26 heavy (non-hydrogen) atoms. The Hall–Kier alpha value is -2.61. The van der Waals surface area contributed by atoms with Gasteiger partial charge in [0.05, 0.1) is 5.75 Å². The first-order valence-corrected chi connectivity index (χ1v) is 9.37. The standard InChI is InChI=1S/C18H23N5O2S/c1-4-11-19-17(25)20-15(24)12-26-18-22-21-16(23(18)13(3)5-2)14-9-7-6-8-10-14/h4,6-10,13H,1,5,11-12H2,2-3H3,(H2,19,20,24,25). The first-order valence-electron chi connectivity index (χ1n) is 8.38. The van der Waals surface area contributed by atoms with Crippen LogP contribution in [0.25, 0.3) is 11.4 Å². The number of amides is 3. The van der Waals surface area contributed by atoms with Crippen molar-refractivity contribution < 1.29 is 9.59 Å². The molecular weight excluding hydrogens is 350 g/mol. The molecule has 1 heterocycles. The molecule has 1 aromatic heterocycles. The van der Waals surface area contributed by atoms with Crippen molar-refractivity contribution in [2.45, 2.75) is 31.5 Å². The van der Waals surface area contributed by atoms with Crippen molar-refractivity contribution in [2.24, 2.45) is 0 Å². The topological polar surface area (TPSA) is 88.9 Å². The fourth-order valence-corrected chi connectivity index (χ4v) is 3.08. The van der Waals surface area contributed by atoms with Crippen LogP contribution in [0.4, 0.5) is 4.79 Å². The zero-order valence-corrected chi connectivity index (χ0v) is 15.8. The van der Waals surface area contributed by atoms with Crippen LogP contribution in [0.15, 0.2) is 48.1 Å². The number of hydrogen-bond donors (Lipinski definition) is 2. The Morgan fingerprint density at radius 2 is 2.04 bits per heavy atom. The average Bonchev–Trinajstić information content (AvgIpc) is 3.08. The van der Waals surface area contributed by atoms with Crippen molar-refractivity contribution in [3.05, 3.63) is 43.0 Å². The Bertz CT molecular complexity index is 760. The van der Waals surface area contributed by atoms with Gasteiger partial charge in [0, 0.05) is 18.2 Å². The van der Waals surface area contributed by atoms with E-state index in [2.05, 4.69) is 41.3 Å². The van der Waals surface area contributed by atoms with Crippen LogP contribution in [0.3, 0.4) is 0 Å². The third kappa shape index (κ3) is 5.19. The molecule has 8 heteroatoms. The maximum Gasteiger partial charge on any atom is 0.321 e. The summed E-state index contributed by atoms with van der Waals surface area (Å²) in [6.07, 6.45) is 2.44. The molecule has 7 nitrogen and oxygen atoms in total. The number of benzene rings is 1. The minimum Gasteiger partial charge on any atom is -0.334 e. The maximum absolute atomic E-state index is 11.9. The van der Waals surface area contributed by atoms with Gasteiger partial charge in [0.2, 0.25) is 5.91 Å². The van der Waals surface area contributed by atoms with E-state index in [9.17, 15) is 9.59 Å². The van der Waals surface area contributed by atoms with Gasteiger partial charge in [-0.3, -0.25) is 14.7 Å². The molecular formula is C18H23N5O2S. The van der Waals surface area contributed by atoms with Gasteiger partial charge >= 0.3 is 6.03 Å². The summed E-state index contributed by atoms with van der Waals surface area (Å²) in [5, 5.41) is 14.0. The molecule has 0 aliphatic rings. The van der Waals surface area contributed by atoms with Gasteiger partial charge in [0.15, 0.2) is 11.0 Å². The number of urea groups is 1. The molecule has 2 N–H and O–H groups in total. The molecule has 2 rings (SSSR count). The molecule has 1 atom stereocenters. The van der Waals surface area contributed by atoms with Gasteiger partial charge in [-0.25, -0.2) is 4.79 Å². The van der Waals surface area contributed by atoms with Crippen molar-refractivity contribution in [1.82, 2.24) is 25.4 Å². The predicted molar refractivity (Wildman–Crippen MR) is 103 cm³/mol. The number of hydrogen-bond acceptors (Lipinski definition) is 5. The highest BCUT2D eigenvalue weighted by atomic mass is 32.2. The van der Waals surface area contributed by atoms with Gasteiger partial charge in [-0.05, 0) is 13.3 Å². The molecule has 1 aromatic carbocycles. The maximum atomic E-state index is 11.9. The Morgan fingerprint density at radius 3 is 2.69 bits per heavy atom. The second-order valence-electron chi connectivity index (χ2n) is 5.64. The van der Waals surface area contributed by atoms with Crippen LogP contribution < -0.4 is 10.6 Å².